The van der Waals surface area contributed by atoms with Gasteiger partial charge < -0.3 is 14.2 Å². The number of ether oxygens (including phenoxy) is 3. The van der Waals surface area contributed by atoms with Gasteiger partial charge in [0.1, 0.15) is 11.6 Å². The summed E-state index contributed by atoms with van der Waals surface area (Å²) in [5.74, 6) is -0.354. The zero-order chi connectivity index (χ0) is 16.1. The van der Waals surface area contributed by atoms with Crippen LogP contribution in [0.5, 0.6) is 0 Å². The third-order valence-corrected chi connectivity index (χ3v) is 4.56. The number of methoxy groups -OCH3 is 1. The van der Waals surface area contributed by atoms with Gasteiger partial charge in [-0.05, 0) is 46.5 Å². The van der Waals surface area contributed by atoms with Crippen molar-refractivity contribution in [2.24, 2.45) is 5.92 Å². The van der Waals surface area contributed by atoms with Crippen molar-refractivity contribution in [3.8, 4) is 0 Å². The lowest BCUT2D eigenvalue weighted by molar-refractivity contribution is -0.152. The molecule has 0 spiro atoms. The summed E-state index contributed by atoms with van der Waals surface area (Å²) >= 11 is 0. The predicted octanol–water partition coefficient (Wildman–Crippen LogP) is 2.10. The van der Waals surface area contributed by atoms with Crippen molar-refractivity contribution in [2.45, 2.75) is 76.3 Å². The van der Waals surface area contributed by atoms with Crippen LogP contribution in [0.2, 0.25) is 0 Å². The van der Waals surface area contributed by atoms with E-state index in [1.165, 1.54) is 7.11 Å². The first-order valence-corrected chi connectivity index (χ1v) is 8.05. The number of nitrogens with zero attached hydrogens (tertiary/aromatic N) is 1. The minimum Gasteiger partial charge on any atom is -0.467 e. The summed E-state index contributed by atoms with van der Waals surface area (Å²) in [5.41, 5.74) is -0.580. The minimum atomic E-state index is -0.581. The Balaban J connectivity index is 1.75. The molecule has 2 aliphatic carbocycles. The Bertz CT molecular complexity index is 468. The van der Waals surface area contributed by atoms with E-state index in [0.29, 0.717) is 6.10 Å². The second kappa shape index (κ2) is 5.41. The number of esters is 1. The van der Waals surface area contributed by atoms with Gasteiger partial charge in [-0.15, -0.1) is 0 Å². The summed E-state index contributed by atoms with van der Waals surface area (Å²) in [5, 5.41) is 0. The summed E-state index contributed by atoms with van der Waals surface area (Å²) in [7, 11) is 1.36. The Kier molecular flexibility index (Phi) is 3.83. The fraction of sp³-hybridized carbons (Fsp3) is 0.875. The summed E-state index contributed by atoms with van der Waals surface area (Å²) in [6.45, 7) is 5.47. The summed E-state index contributed by atoms with van der Waals surface area (Å²) in [4.78, 5) is 26.3. The summed E-state index contributed by atoms with van der Waals surface area (Å²) in [6.07, 6.45) is 3.75. The molecule has 1 saturated heterocycles. The number of piperidine rings is 1. The SMILES string of the molecule is COC(=O)[C@H]1[C@H]2C[C@H](C[C@@H]2OC2CC2)N1C(=O)OC(C)(C)C. The molecule has 3 fully saturated rings. The number of rotatable bonds is 3. The standard InChI is InChI=1S/C16H25NO5/c1-16(2,3)22-15(19)17-9-7-11(13(17)14(18)20-4)12(8-9)21-10-5-6-10/h9-13H,5-8H2,1-4H3/t9-,11+,12+,13-/m1/s1. The molecule has 6 heteroatoms. The quantitative estimate of drug-likeness (QED) is 0.747. The van der Waals surface area contributed by atoms with Crippen LogP contribution in [0.3, 0.4) is 0 Å². The second-order valence-electron chi connectivity index (χ2n) is 7.52. The van der Waals surface area contributed by atoms with Crippen molar-refractivity contribution in [1.29, 1.82) is 0 Å². The van der Waals surface area contributed by atoms with Crippen molar-refractivity contribution < 1.29 is 23.8 Å². The fourth-order valence-corrected chi connectivity index (χ4v) is 3.59. The van der Waals surface area contributed by atoms with Gasteiger partial charge in [-0.3, -0.25) is 4.90 Å². The normalized spacial score (nSPS) is 33.9. The Morgan fingerprint density at radius 2 is 1.82 bits per heavy atom. The Morgan fingerprint density at radius 1 is 1.14 bits per heavy atom. The molecule has 0 radical (unpaired) electrons. The van der Waals surface area contributed by atoms with Gasteiger partial charge >= 0.3 is 12.1 Å². The van der Waals surface area contributed by atoms with Gasteiger partial charge in [0, 0.05) is 12.0 Å². The molecule has 0 unspecified atom stereocenters. The number of likely N-dealkylation sites (tertiary alicyclic amines) is 1. The molecule has 1 aliphatic heterocycles. The molecule has 0 aromatic rings. The monoisotopic (exact) mass is 311 g/mol. The topological polar surface area (TPSA) is 65.1 Å². The van der Waals surface area contributed by atoms with Crippen molar-refractivity contribution in [3.05, 3.63) is 0 Å². The molecule has 2 saturated carbocycles. The van der Waals surface area contributed by atoms with Crippen molar-refractivity contribution >= 4 is 12.1 Å². The van der Waals surface area contributed by atoms with Gasteiger partial charge in [0.2, 0.25) is 0 Å². The van der Waals surface area contributed by atoms with E-state index in [1.54, 1.807) is 4.90 Å². The molecule has 6 nitrogen and oxygen atoms in total. The number of hydrogen-bond acceptors (Lipinski definition) is 5. The van der Waals surface area contributed by atoms with Crippen LogP contribution in [0.4, 0.5) is 4.79 Å². The molecule has 1 amide bonds. The molecular formula is C16H25NO5. The molecule has 22 heavy (non-hydrogen) atoms. The van der Waals surface area contributed by atoms with E-state index >= 15 is 0 Å². The van der Waals surface area contributed by atoms with E-state index < -0.39 is 17.7 Å². The van der Waals surface area contributed by atoms with Crippen molar-refractivity contribution in [2.75, 3.05) is 7.11 Å². The number of fused-ring (bicyclic) bond motifs is 2. The first kappa shape index (κ1) is 15.6. The number of carbonyl (C=O) groups is 2. The molecule has 3 rings (SSSR count). The Hall–Kier alpha value is -1.30. The third kappa shape index (κ3) is 2.93. The summed E-state index contributed by atoms with van der Waals surface area (Å²) in [6, 6.07) is -0.574. The van der Waals surface area contributed by atoms with Gasteiger partial charge in [0.05, 0.1) is 19.3 Å². The van der Waals surface area contributed by atoms with Gasteiger partial charge in [-0.2, -0.15) is 0 Å². The highest BCUT2D eigenvalue weighted by Crippen LogP contribution is 2.46. The van der Waals surface area contributed by atoms with E-state index in [-0.39, 0.29) is 24.0 Å². The van der Waals surface area contributed by atoms with Crippen LogP contribution in [0, 0.1) is 5.92 Å². The Labute approximate surface area is 131 Å². The highest BCUT2D eigenvalue weighted by atomic mass is 16.6. The fourth-order valence-electron chi connectivity index (χ4n) is 3.59. The minimum absolute atomic E-state index is 0.00713. The van der Waals surface area contributed by atoms with Crippen LogP contribution in [0.25, 0.3) is 0 Å². The van der Waals surface area contributed by atoms with Crippen LogP contribution < -0.4 is 0 Å². The van der Waals surface area contributed by atoms with Gasteiger partial charge in [0.25, 0.3) is 0 Å². The van der Waals surface area contributed by atoms with E-state index in [0.717, 1.165) is 25.7 Å². The lowest BCUT2D eigenvalue weighted by Crippen LogP contribution is -2.54. The molecule has 2 bridgehead atoms. The van der Waals surface area contributed by atoms with E-state index in [1.807, 2.05) is 20.8 Å². The smallest absolute Gasteiger partial charge is 0.411 e. The molecule has 0 N–H and O–H groups in total. The zero-order valence-corrected chi connectivity index (χ0v) is 13.7. The molecular weight excluding hydrogens is 286 g/mol. The molecule has 0 aromatic heterocycles. The van der Waals surface area contributed by atoms with Crippen molar-refractivity contribution in [1.82, 2.24) is 4.90 Å². The molecule has 124 valence electrons. The largest absolute Gasteiger partial charge is 0.467 e. The maximum Gasteiger partial charge on any atom is 0.411 e. The van der Waals surface area contributed by atoms with Crippen LogP contribution >= 0.6 is 0 Å². The van der Waals surface area contributed by atoms with Crippen LogP contribution in [0.1, 0.15) is 46.5 Å². The van der Waals surface area contributed by atoms with Gasteiger partial charge in [-0.1, -0.05) is 0 Å². The van der Waals surface area contributed by atoms with Crippen LogP contribution in [-0.2, 0) is 19.0 Å². The van der Waals surface area contributed by atoms with Crippen molar-refractivity contribution in [3.63, 3.8) is 0 Å². The average molecular weight is 311 g/mol. The number of amides is 1. The Morgan fingerprint density at radius 3 is 2.36 bits per heavy atom. The number of carbonyl (C=O) groups excluding carboxylic acids is 2. The number of hydrogen-bond donors (Lipinski definition) is 0. The highest BCUT2D eigenvalue weighted by Gasteiger charge is 2.58. The maximum absolute atomic E-state index is 12.5. The molecule has 3 aliphatic rings. The summed E-state index contributed by atoms with van der Waals surface area (Å²) < 4.78 is 16.4. The third-order valence-electron chi connectivity index (χ3n) is 4.56. The predicted molar refractivity (Wildman–Crippen MR) is 78.3 cm³/mol. The second-order valence-corrected chi connectivity index (χ2v) is 7.52. The van der Waals surface area contributed by atoms with E-state index in [4.69, 9.17) is 14.2 Å². The highest BCUT2D eigenvalue weighted by molar-refractivity contribution is 5.83. The lowest BCUT2D eigenvalue weighted by Gasteiger charge is -2.37. The molecule has 4 atom stereocenters. The first-order chi connectivity index (χ1) is 10.3. The molecule has 0 aromatic carbocycles. The average Bonchev–Trinajstić information content (AvgIpc) is 3.02. The van der Waals surface area contributed by atoms with E-state index in [9.17, 15) is 9.59 Å². The lowest BCUT2D eigenvalue weighted by atomic mass is 9.96. The van der Waals surface area contributed by atoms with Gasteiger partial charge in [0.15, 0.2) is 0 Å². The zero-order valence-electron chi connectivity index (χ0n) is 13.7. The molecule has 1 heterocycles. The van der Waals surface area contributed by atoms with Crippen LogP contribution in [0.15, 0.2) is 0 Å². The van der Waals surface area contributed by atoms with Crippen LogP contribution in [-0.4, -0.2) is 54.0 Å². The van der Waals surface area contributed by atoms with Gasteiger partial charge in [-0.25, -0.2) is 9.59 Å². The van der Waals surface area contributed by atoms with E-state index in [2.05, 4.69) is 0 Å². The maximum atomic E-state index is 12.5. The first-order valence-electron chi connectivity index (χ1n) is 8.05.